The van der Waals surface area contributed by atoms with Gasteiger partial charge in [0.25, 0.3) is 0 Å². The van der Waals surface area contributed by atoms with E-state index in [4.69, 9.17) is 4.42 Å². The van der Waals surface area contributed by atoms with Crippen LogP contribution in [0.25, 0.3) is 0 Å². The van der Waals surface area contributed by atoms with Gasteiger partial charge in [0.15, 0.2) is 0 Å². The minimum Gasteiger partial charge on any atom is -0.465 e. The van der Waals surface area contributed by atoms with Gasteiger partial charge >= 0.3 is 6.18 Å². The molecule has 0 aliphatic heterocycles. The van der Waals surface area contributed by atoms with Crippen molar-refractivity contribution in [3.8, 4) is 0 Å². The number of hydrogen-bond acceptors (Lipinski definition) is 4. The van der Waals surface area contributed by atoms with Crippen molar-refractivity contribution in [3.05, 3.63) is 41.3 Å². The van der Waals surface area contributed by atoms with Gasteiger partial charge in [-0.2, -0.15) is 13.2 Å². The Morgan fingerprint density at radius 1 is 1.14 bits per heavy atom. The molecule has 2 N–H and O–H groups in total. The van der Waals surface area contributed by atoms with E-state index in [2.05, 4.69) is 15.6 Å². The average Bonchev–Trinajstić information content (AvgIpc) is 2.81. The Balaban J connectivity index is 2.19. The van der Waals surface area contributed by atoms with Crippen LogP contribution in [0.1, 0.15) is 24.0 Å². The third kappa shape index (κ3) is 4.14. The van der Waals surface area contributed by atoms with E-state index in [9.17, 15) is 13.2 Å². The molecule has 7 heteroatoms. The molecule has 0 saturated heterocycles. The van der Waals surface area contributed by atoms with Gasteiger partial charge in [-0.3, -0.25) is 0 Å². The van der Waals surface area contributed by atoms with Crippen LogP contribution < -0.4 is 10.6 Å². The molecule has 0 atom stereocenters. The van der Waals surface area contributed by atoms with E-state index in [0.29, 0.717) is 12.3 Å². The zero-order valence-corrected chi connectivity index (χ0v) is 11.7. The van der Waals surface area contributed by atoms with Gasteiger partial charge in [-0.05, 0) is 38.1 Å². The van der Waals surface area contributed by atoms with Crippen LogP contribution in [0.2, 0.25) is 0 Å². The number of rotatable bonds is 5. The Hall–Kier alpha value is -2.18. The Kier molecular flexibility index (Phi) is 4.40. The minimum absolute atomic E-state index is 0.148. The quantitative estimate of drug-likeness (QED) is 0.874. The number of pyridine rings is 1. The topological polar surface area (TPSA) is 50.1 Å². The molecule has 0 radical (unpaired) electrons. The lowest BCUT2D eigenvalue weighted by molar-refractivity contribution is -0.137. The molecule has 0 aromatic carbocycles. The number of halogens is 3. The third-order valence-electron chi connectivity index (χ3n) is 2.75. The Labute approximate surface area is 120 Å². The van der Waals surface area contributed by atoms with Gasteiger partial charge in [0.1, 0.15) is 23.2 Å². The third-order valence-corrected chi connectivity index (χ3v) is 2.75. The van der Waals surface area contributed by atoms with E-state index in [1.54, 1.807) is 26.0 Å². The molecule has 0 unspecified atom stereocenters. The summed E-state index contributed by atoms with van der Waals surface area (Å²) < 4.78 is 43.9. The lowest BCUT2D eigenvalue weighted by atomic mass is 10.2. The molecule has 0 spiro atoms. The van der Waals surface area contributed by atoms with E-state index in [0.717, 1.165) is 17.9 Å². The molecule has 2 aromatic heterocycles. The average molecular weight is 299 g/mol. The second kappa shape index (κ2) is 6.07. The number of nitrogens with one attached hydrogen (secondary N) is 2. The highest BCUT2D eigenvalue weighted by Crippen LogP contribution is 2.32. The molecular weight excluding hydrogens is 283 g/mol. The van der Waals surface area contributed by atoms with Crippen LogP contribution in [-0.4, -0.2) is 11.5 Å². The van der Waals surface area contributed by atoms with Gasteiger partial charge in [0.2, 0.25) is 0 Å². The summed E-state index contributed by atoms with van der Waals surface area (Å²) in [5.74, 6) is 1.72. The molecule has 0 bridgehead atoms. The zero-order chi connectivity index (χ0) is 15.5. The largest absolute Gasteiger partial charge is 0.465 e. The Morgan fingerprint density at radius 2 is 1.81 bits per heavy atom. The second-order valence-electron chi connectivity index (χ2n) is 4.52. The first-order chi connectivity index (χ1) is 9.88. The van der Waals surface area contributed by atoms with Gasteiger partial charge < -0.3 is 15.1 Å². The number of aryl methyl sites for hydroxylation is 1. The Bertz CT molecular complexity index is 608. The summed E-state index contributed by atoms with van der Waals surface area (Å²) in [6, 6.07) is 5.53. The summed E-state index contributed by atoms with van der Waals surface area (Å²) in [6.07, 6.45) is -4.41. The second-order valence-corrected chi connectivity index (χ2v) is 4.52. The first-order valence-corrected chi connectivity index (χ1v) is 6.51. The smallest absolute Gasteiger partial charge is 0.416 e. The normalized spacial score (nSPS) is 11.5. The molecule has 2 aromatic rings. The van der Waals surface area contributed by atoms with Crippen LogP contribution >= 0.6 is 0 Å². The number of nitrogens with zero attached hydrogens (tertiary/aromatic N) is 1. The fraction of sp³-hybridized carbons (Fsp3) is 0.357. The van der Waals surface area contributed by atoms with Crippen LogP contribution in [0, 0.1) is 6.92 Å². The van der Waals surface area contributed by atoms with Crippen molar-refractivity contribution in [1.82, 2.24) is 4.98 Å². The molecule has 114 valence electrons. The molecule has 0 amide bonds. The summed E-state index contributed by atoms with van der Waals surface area (Å²) in [5, 5.41) is 5.63. The van der Waals surface area contributed by atoms with Gasteiger partial charge in [0, 0.05) is 6.54 Å². The van der Waals surface area contributed by atoms with Crippen molar-refractivity contribution in [2.75, 3.05) is 17.2 Å². The fourth-order valence-corrected chi connectivity index (χ4v) is 1.81. The van der Waals surface area contributed by atoms with Crippen LogP contribution in [-0.2, 0) is 12.7 Å². The lowest BCUT2D eigenvalue weighted by Gasteiger charge is -2.12. The number of furan rings is 1. The zero-order valence-electron chi connectivity index (χ0n) is 11.7. The predicted octanol–water partition coefficient (Wildman–Crippen LogP) is 4.05. The number of anilines is 2. The van der Waals surface area contributed by atoms with E-state index in [1.807, 2.05) is 0 Å². The monoisotopic (exact) mass is 299 g/mol. The fourth-order valence-electron chi connectivity index (χ4n) is 1.81. The summed E-state index contributed by atoms with van der Waals surface area (Å²) >= 11 is 0. The summed E-state index contributed by atoms with van der Waals surface area (Å²) in [6.45, 7) is 4.36. The van der Waals surface area contributed by atoms with Crippen LogP contribution in [0.15, 0.2) is 28.7 Å². The van der Waals surface area contributed by atoms with Gasteiger partial charge in [0.05, 0.1) is 12.1 Å². The van der Waals surface area contributed by atoms with Crippen LogP contribution in [0.3, 0.4) is 0 Å². The van der Waals surface area contributed by atoms with E-state index < -0.39 is 11.7 Å². The van der Waals surface area contributed by atoms with Crippen molar-refractivity contribution in [2.24, 2.45) is 0 Å². The molecule has 0 saturated carbocycles. The maximum absolute atomic E-state index is 12.9. The standard InChI is InChI=1S/C14H16F3N3O/c1-3-18-12-6-10(14(15,16)17)7-13(20-12)19-8-11-5-4-9(2)21-11/h4-7H,3,8H2,1-2H3,(H2,18,19,20). The van der Waals surface area contributed by atoms with Crippen molar-refractivity contribution >= 4 is 11.6 Å². The maximum atomic E-state index is 12.9. The van der Waals surface area contributed by atoms with Crippen molar-refractivity contribution in [1.29, 1.82) is 0 Å². The van der Waals surface area contributed by atoms with Crippen molar-refractivity contribution < 1.29 is 17.6 Å². The molecule has 21 heavy (non-hydrogen) atoms. The van der Waals surface area contributed by atoms with E-state index in [-0.39, 0.29) is 18.2 Å². The van der Waals surface area contributed by atoms with Gasteiger partial charge in [-0.15, -0.1) is 0 Å². The number of alkyl halides is 3. The highest BCUT2D eigenvalue weighted by Gasteiger charge is 2.31. The Morgan fingerprint density at radius 3 is 2.33 bits per heavy atom. The summed E-state index contributed by atoms with van der Waals surface area (Å²) in [4.78, 5) is 4.09. The molecule has 4 nitrogen and oxygen atoms in total. The number of aromatic nitrogens is 1. The summed E-state index contributed by atoms with van der Waals surface area (Å²) in [5.41, 5.74) is -0.744. The van der Waals surface area contributed by atoms with Crippen LogP contribution in [0.5, 0.6) is 0 Å². The van der Waals surface area contributed by atoms with Gasteiger partial charge in [-0.1, -0.05) is 0 Å². The summed E-state index contributed by atoms with van der Waals surface area (Å²) in [7, 11) is 0. The first-order valence-electron chi connectivity index (χ1n) is 6.51. The molecule has 0 aliphatic carbocycles. The molecule has 0 aliphatic rings. The lowest BCUT2D eigenvalue weighted by Crippen LogP contribution is -2.10. The van der Waals surface area contributed by atoms with Crippen molar-refractivity contribution in [2.45, 2.75) is 26.6 Å². The predicted molar refractivity (Wildman–Crippen MR) is 74.2 cm³/mol. The highest BCUT2D eigenvalue weighted by atomic mass is 19.4. The molecular formula is C14H16F3N3O. The maximum Gasteiger partial charge on any atom is 0.416 e. The molecule has 0 fully saturated rings. The van der Waals surface area contributed by atoms with E-state index in [1.165, 1.54) is 0 Å². The number of hydrogen-bond donors (Lipinski definition) is 2. The van der Waals surface area contributed by atoms with Crippen molar-refractivity contribution in [3.63, 3.8) is 0 Å². The van der Waals surface area contributed by atoms with Gasteiger partial charge in [-0.25, -0.2) is 4.98 Å². The minimum atomic E-state index is -4.41. The van der Waals surface area contributed by atoms with Crippen LogP contribution in [0.4, 0.5) is 24.8 Å². The highest BCUT2D eigenvalue weighted by molar-refractivity contribution is 5.49. The first kappa shape index (κ1) is 15.2. The molecule has 2 rings (SSSR count). The van der Waals surface area contributed by atoms with E-state index >= 15 is 0 Å². The molecule has 2 heterocycles. The SMILES string of the molecule is CCNc1cc(C(F)(F)F)cc(NCc2ccc(C)o2)n1.